The summed E-state index contributed by atoms with van der Waals surface area (Å²) in [5, 5.41) is 11.9. The number of fused-ring (bicyclic) bond motifs is 1. The Morgan fingerprint density at radius 2 is 1.63 bits per heavy atom. The molecule has 2 aliphatic rings. The van der Waals surface area contributed by atoms with Crippen LogP contribution >= 0.6 is 0 Å². The molecule has 11 heteroatoms. The van der Waals surface area contributed by atoms with E-state index in [0.717, 1.165) is 42.9 Å². The number of carbonyl (C=O) groups excluding carboxylic acids is 1. The summed E-state index contributed by atoms with van der Waals surface area (Å²) in [6.45, 7) is 2.36. The minimum Gasteiger partial charge on any atom is -0.356 e. The average Bonchev–Trinajstić information content (AvgIpc) is 3.42. The van der Waals surface area contributed by atoms with E-state index >= 15 is 0 Å². The number of benzene rings is 2. The minimum atomic E-state index is -3.91. The fourth-order valence-electron chi connectivity index (χ4n) is 4.64. The maximum absolute atomic E-state index is 13.6. The van der Waals surface area contributed by atoms with Gasteiger partial charge in [-0.1, -0.05) is 24.3 Å². The van der Waals surface area contributed by atoms with Crippen LogP contribution in [0.3, 0.4) is 0 Å². The van der Waals surface area contributed by atoms with Gasteiger partial charge in [0.2, 0.25) is 10.0 Å². The Hall–Kier alpha value is -3.57. The molecular weight excluding hydrogens is 470 g/mol. The second-order valence-corrected chi connectivity index (χ2v) is 10.6. The standard InChI is InChI=1S/C24H25N5O5S/c30-24(21-16-18-6-1-2-9-22(18)25-23(21)26-10-3-4-11-26)27-12-14-28(15-13-27)35(33,34)20-8-5-7-19(17-20)29(31)32/h1-2,5-9,16-17H,3-4,10-15H2. The van der Waals surface area contributed by atoms with Gasteiger partial charge in [-0.15, -0.1) is 0 Å². The van der Waals surface area contributed by atoms with Crippen molar-refractivity contribution < 1.29 is 18.1 Å². The van der Waals surface area contributed by atoms with E-state index in [1.54, 1.807) is 4.90 Å². The number of piperazine rings is 1. The van der Waals surface area contributed by atoms with Crippen molar-refractivity contribution in [1.29, 1.82) is 0 Å². The number of carbonyl (C=O) groups is 1. The van der Waals surface area contributed by atoms with Gasteiger partial charge in [-0.3, -0.25) is 14.9 Å². The van der Waals surface area contributed by atoms with Crippen LogP contribution in [-0.4, -0.2) is 72.7 Å². The van der Waals surface area contributed by atoms with E-state index in [1.807, 2.05) is 30.3 Å². The van der Waals surface area contributed by atoms with Gasteiger partial charge in [0, 0.05) is 56.8 Å². The fraction of sp³-hybridized carbons (Fsp3) is 0.333. The van der Waals surface area contributed by atoms with Gasteiger partial charge >= 0.3 is 0 Å². The van der Waals surface area contributed by atoms with Crippen molar-refractivity contribution in [1.82, 2.24) is 14.2 Å². The number of nitro benzene ring substituents is 1. The Bertz CT molecular complexity index is 1400. The number of rotatable bonds is 5. The molecule has 2 aromatic carbocycles. The topological polar surface area (TPSA) is 117 Å². The van der Waals surface area contributed by atoms with Crippen LogP contribution < -0.4 is 4.90 Å². The van der Waals surface area contributed by atoms with Gasteiger partial charge in [0.15, 0.2) is 0 Å². The van der Waals surface area contributed by atoms with Crippen molar-refractivity contribution in [2.75, 3.05) is 44.2 Å². The van der Waals surface area contributed by atoms with E-state index in [1.165, 1.54) is 22.5 Å². The maximum atomic E-state index is 13.6. The first-order chi connectivity index (χ1) is 16.8. The summed E-state index contributed by atoms with van der Waals surface area (Å²) >= 11 is 0. The number of sulfonamides is 1. The molecule has 2 fully saturated rings. The number of hydrogen-bond donors (Lipinski definition) is 0. The monoisotopic (exact) mass is 495 g/mol. The molecule has 0 N–H and O–H groups in total. The smallest absolute Gasteiger partial charge is 0.270 e. The van der Waals surface area contributed by atoms with E-state index in [4.69, 9.17) is 4.98 Å². The zero-order chi connectivity index (χ0) is 24.6. The van der Waals surface area contributed by atoms with E-state index < -0.39 is 14.9 Å². The molecule has 0 radical (unpaired) electrons. The summed E-state index contributed by atoms with van der Waals surface area (Å²) < 4.78 is 27.4. The number of aromatic nitrogens is 1. The highest BCUT2D eigenvalue weighted by molar-refractivity contribution is 7.89. The summed E-state index contributed by atoms with van der Waals surface area (Å²) in [4.78, 5) is 32.5. The molecular formula is C24H25N5O5S. The van der Waals surface area contributed by atoms with Gasteiger partial charge in [-0.05, 0) is 31.0 Å². The van der Waals surface area contributed by atoms with Crippen LogP contribution in [-0.2, 0) is 10.0 Å². The molecule has 0 bridgehead atoms. The van der Waals surface area contributed by atoms with Gasteiger partial charge in [-0.2, -0.15) is 4.31 Å². The van der Waals surface area contributed by atoms with Crippen molar-refractivity contribution in [3.05, 3.63) is 70.3 Å². The largest absolute Gasteiger partial charge is 0.356 e. The van der Waals surface area contributed by atoms with Gasteiger partial charge < -0.3 is 9.80 Å². The molecule has 2 saturated heterocycles. The van der Waals surface area contributed by atoms with E-state index in [9.17, 15) is 23.3 Å². The Balaban J connectivity index is 1.37. The maximum Gasteiger partial charge on any atom is 0.270 e. The van der Waals surface area contributed by atoms with Crippen LogP contribution in [0.2, 0.25) is 0 Å². The second kappa shape index (κ2) is 9.23. The van der Waals surface area contributed by atoms with Crippen molar-refractivity contribution in [3.8, 4) is 0 Å². The predicted octanol–water partition coefficient (Wildman–Crippen LogP) is 2.89. The molecule has 3 aromatic rings. The van der Waals surface area contributed by atoms with Gasteiger partial charge in [-0.25, -0.2) is 13.4 Å². The van der Waals surface area contributed by atoms with Gasteiger partial charge in [0.25, 0.3) is 11.6 Å². The number of pyridine rings is 1. The number of para-hydroxylation sites is 1. The van der Waals surface area contributed by atoms with Crippen molar-refractivity contribution in [2.24, 2.45) is 0 Å². The number of anilines is 1. The van der Waals surface area contributed by atoms with Crippen LogP contribution in [0.15, 0.2) is 59.5 Å². The summed E-state index contributed by atoms with van der Waals surface area (Å²) in [7, 11) is -3.91. The summed E-state index contributed by atoms with van der Waals surface area (Å²) in [6.07, 6.45) is 2.10. The molecule has 1 amide bonds. The summed E-state index contributed by atoms with van der Waals surface area (Å²) in [6, 6.07) is 14.6. The molecule has 5 rings (SSSR count). The van der Waals surface area contributed by atoms with E-state index in [0.29, 0.717) is 11.4 Å². The number of non-ortho nitro benzene ring substituents is 1. The summed E-state index contributed by atoms with van der Waals surface area (Å²) in [5.74, 6) is 0.510. The first kappa shape index (κ1) is 23.2. The van der Waals surface area contributed by atoms with Crippen LogP contribution in [0.1, 0.15) is 23.2 Å². The molecule has 182 valence electrons. The SMILES string of the molecule is O=C(c1cc2ccccc2nc1N1CCCC1)N1CCN(S(=O)(=O)c2cccc([N+](=O)[O-])c2)CC1. The predicted molar refractivity (Wildman–Crippen MR) is 131 cm³/mol. The third-order valence-corrected chi connectivity index (χ3v) is 8.43. The molecule has 10 nitrogen and oxygen atoms in total. The average molecular weight is 496 g/mol. The van der Waals surface area contributed by atoms with E-state index in [2.05, 4.69) is 4.90 Å². The van der Waals surface area contributed by atoms with Gasteiger partial charge in [0.1, 0.15) is 5.82 Å². The second-order valence-electron chi connectivity index (χ2n) is 8.70. The molecule has 0 spiro atoms. The summed E-state index contributed by atoms with van der Waals surface area (Å²) in [5.41, 5.74) is 1.08. The highest BCUT2D eigenvalue weighted by atomic mass is 32.2. The zero-order valence-electron chi connectivity index (χ0n) is 19.0. The number of nitrogens with zero attached hydrogens (tertiary/aromatic N) is 5. The molecule has 0 atom stereocenters. The van der Waals surface area contributed by atoms with Crippen LogP contribution in [0.25, 0.3) is 10.9 Å². The Morgan fingerprint density at radius 1 is 0.914 bits per heavy atom. The molecule has 2 aliphatic heterocycles. The highest BCUT2D eigenvalue weighted by Crippen LogP contribution is 2.29. The fourth-order valence-corrected chi connectivity index (χ4v) is 6.10. The van der Waals surface area contributed by atoms with Crippen LogP contribution in [0, 0.1) is 10.1 Å². The molecule has 35 heavy (non-hydrogen) atoms. The van der Waals surface area contributed by atoms with Crippen LogP contribution in [0.4, 0.5) is 11.5 Å². The zero-order valence-corrected chi connectivity index (χ0v) is 19.9. The minimum absolute atomic E-state index is 0.108. The lowest BCUT2D eigenvalue weighted by molar-refractivity contribution is -0.385. The highest BCUT2D eigenvalue weighted by Gasteiger charge is 2.33. The number of nitro groups is 1. The Labute approximate surface area is 203 Å². The normalized spacial score (nSPS) is 17.1. The molecule has 0 unspecified atom stereocenters. The third kappa shape index (κ3) is 4.44. The molecule has 1 aromatic heterocycles. The quantitative estimate of drug-likeness (QED) is 0.395. The van der Waals surface area contributed by atoms with Crippen LogP contribution in [0.5, 0.6) is 0 Å². The Kier molecular flexibility index (Phi) is 6.12. The number of hydrogen-bond acceptors (Lipinski definition) is 7. The lowest BCUT2D eigenvalue weighted by Gasteiger charge is -2.34. The lowest BCUT2D eigenvalue weighted by atomic mass is 10.1. The molecule has 0 aliphatic carbocycles. The van der Waals surface area contributed by atoms with E-state index in [-0.39, 0.29) is 42.7 Å². The van der Waals surface area contributed by atoms with Gasteiger partial charge in [0.05, 0.1) is 20.9 Å². The first-order valence-electron chi connectivity index (χ1n) is 11.5. The molecule has 3 heterocycles. The van der Waals surface area contributed by atoms with Crippen molar-refractivity contribution in [2.45, 2.75) is 17.7 Å². The third-order valence-electron chi connectivity index (χ3n) is 6.53. The number of amides is 1. The first-order valence-corrected chi connectivity index (χ1v) is 13.0. The lowest BCUT2D eigenvalue weighted by Crippen LogP contribution is -2.50. The Morgan fingerprint density at radius 3 is 2.34 bits per heavy atom. The molecule has 0 saturated carbocycles. The van der Waals surface area contributed by atoms with Crippen molar-refractivity contribution >= 4 is 38.3 Å². The van der Waals surface area contributed by atoms with Crippen molar-refractivity contribution in [3.63, 3.8) is 0 Å².